The smallest absolute Gasteiger partial charge is 0.322 e. The van der Waals surface area contributed by atoms with Gasteiger partial charge in [0.05, 0.1) is 31.1 Å². The van der Waals surface area contributed by atoms with Gasteiger partial charge in [-0.3, -0.25) is 9.78 Å². The second kappa shape index (κ2) is 8.00. The molecule has 2 aromatic rings. The first-order valence-electron chi connectivity index (χ1n) is 9.64. The van der Waals surface area contributed by atoms with Gasteiger partial charge in [0.2, 0.25) is 5.91 Å². The molecular formula is C21H23N5O3. The van der Waals surface area contributed by atoms with Gasteiger partial charge in [-0.1, -0.05) is 25.1 Å². The minimum Gasteiger partial charge on any atom is -0.394 e. The zero-order valence-corrected chi connectivity index (χ0v) is 16.2. The van der Waals surface area contributed by atoms with Crippen molar-refractivity contribution < 1.29 is 14.7 Å². The summed E-state index contributed by atoms with van der Waals surface area (Å²) in [5, 5.41) is 17.8. The van der Waals surface area contributed by atoms with Crippen LogP contribution in [0.4, 0.5) is 10.5 Å². The van der Waals surface area contributed by atoms with Crippen LogP contribution in [-0.4, -0.2) is 50.8 Å². The number of hydrogen-bond acceptors (Lipinski definition) is 5. The number of β-amino-alcohol motifs (C(OH)–C–C–N with tert-alkyl or cyclic N) is 1. The summed E-state index contributed by atoms with van der Waals surface area (Å²) in [7, 11) is 0. The molecule has 1 aromatic heterocycles. The lowest BCUT2D eigenvalue weighted by molar-refractivity contribution is -0.133. The zero-order valence-electron chi connectivity index (χ0n) is 16.2. The molecule has 29 heavy (non-hydrogen) atoms. The highest BCUT2D eigenvalue weighted by atomic mass is 16.3. The molecular weight excluding hydrogens is 370 g/mol. The molecule has 0 bridgehead atoms. The van der Waals surface area contributed by atoms with E-state index >= 15 is 0 Å². The number of hydrazone groups is 1. The van der Waals surface area contributed by atoms with Gasteiger partial charge in [-0.25, -0.2) is 9.80 Å². The fourth-order valence-electron chi connectivity index (χ4n) is 3.63. The topological polar surface area (TPSA) is 98.1 Å². The highest BCUT2D eigenvalue weighted by Gasteiger charge is 2.27. The Morgan fingerprint density at radius 1 is 1.24 bits per heavy atom. The number of aliphatic hydroxyl groups is 1. The molecule has 8 heteroatoms. The fourth-order valence-corrected chi connectivity index (χ4v) is 3.63. The summed E-state index contributed by atoms with van der Waals surface area (Å²) < 4.78 is 0. The summed E-state index contributed by atoms with van der Waals surface area (Å²) in [6.07, 6.45) is 2.10. The molecule has 3 heterocycles. The van der Waals surface area contributed by atoms with Crippen LogP contribution in [0.1, 0.15) is 30.2 Å². The number of aliphatic hydroxyl groups excluding tert-OH is 1. The average molecular weight is 393 g/mol. The summed E-state index contributed by atoms with van der Waals surface area (Å²) in [6.45, 7) is 3.08. The Kier molecular flexibility index (Phi) is 5.26. The van der Waals surface area contributed by atoms with Crippen LogP contribution in [0.15, 0.2) is 47.7 Å². The summed E-state index contributed by atoms with van der Waals surface area (Å²) in [4.78, 5) is 30.6. The Morgan fingerprint density at radius 3 is 2.76 bits per heavy atom. The van der Waals surface area contributed by atoms with E-state index < -0.39 is 0 Å². The lowest BCUT2D eigenvalue weighted by Crippen LogP contribution is -2.37. The van der Waals surface area contributed by atoms with E-state index in [0.29, 0.717) is 25.2 Å². The molecule has 0 saturated heterocycles. The molecule has 0 saturated carbocycles. The standard InChI is InChI=1S/C21H23N5O3/c1-14-11-19(28)26(9-10-27)24-20(14)15-4-6-17(7-5-15)23-21(29)25-12-16-3-2-8-22-18(16)13-25/h2-8,14,27H,9-13H2,1H3,(H,23,29). The van der Waals surface area contributed by atoms with E-state index in [1.165, 1.54) is 5.01 Å². The monoisotopic (exact) mass is 393 g/mol. The van der Waals surface area contributed by atoms with Gasteiger partial charge >= 0.3 is 6.03 Å². The summed E-state index contributed by atoms with van der Waals surface area (Å²) in [5.41, 5.74) is 4.39. The van der Waals surface area contributed by atoms with Gasteiger partial charge in [0.1, 0.15) is 0 Å². The molecule has 2 aliphatic rings. The van der Waals surface area contributed by atoms with E-state index in [9.17, 15) is 9.59 Å². The van der Waals surface area contributed by atoms with E-state index in [4.69, 9.17) is 5.11 Å². The second-order valence-corrected chi connectivity index (χ2v) is 7.30. The molecule has 1 unspecified atom stereocenters. The van der Waals surface area contributed by atoms with Crippen LogP contribution in [0.25, 0.3) is 0 Å². The van der Waals surface area contributed by atoms with Gasteiger partial charge in [-0.2, -0.15) is 5.10 Å². The van der Waals surface area contributed by atoms with Crippen molar-refractivity contribution in [2.75, 3.05) is 18.5 Å². The predicted octanol–water partition coefficient (Wildman–Crippen LogP) is 2.19. The van der Waals surface area contributed by atoms with Crippen molar-refractivity contribution in [3.05, 3.63) is 59.4 Å². The zero-order chi connectivity index (χ0) is 20.4. The number of hydrogen-bond donors (Lipinski definition) is 2. The van der Waals surface area contributed by atoms with Gasteiger partial charge in [0.15, 0.2) is 0 Å². The number of pyridine rings is 1. The highest BCUT2D eigenvalue weighted by molar-refractivity contribution is 6.06. The number of carbonyl (C=O) groups excluding carboxylic acids is 2. The van der Waals surface area contributed by atoms with Crippen LogP contribution >= 0.6 is 0 Å². The number of benzene rings is 1. The number of rotatable bonds is 4. The van der Waals surface area contributed by atoms with Crippen molar-refractivity contribution in [1.82, 2.24) is 14.9 Å². The van der Waals surface area contributed by atoms with Crippen molar-refractivity contribution in [3.63, 3.8) is 0 Å². The Balaban J connectivity index is 1.44. The van der Waals surface area contributed by atoms with Crippen LogP contribution in [0, 0.1) is 5.92 Å². The van der Waals surface area contributed by atoms with E-state index in [-0.39, 0.29) is 31.0 Å². The Morgan fingerprint density at radius 2 is 2.03 bits per heavy atom. The maximum absolute atomic E-state index is 12.6. The third-order valence-electron chi connectivity index (χ3n) is 5.18. The predicted molar refractivity (Wildman–Crippen MR) is 108 cm³/mol. The molecule has 3 amide bonds. The number of nitrogens with zero attached hydrogens (tertiary/aromatic N) is 4. The molecule has 2 aliphatic heterocycles. The number of aromatic nitrogens is 1. The number of urea groups is 1. The van der Waals surface area contributed by atoms with Gasteiger partial charge < -0.3 is 15.3 Å². The molecule has 8 nitrogen and oxygen atoms in total. The maximum atomic E-state index is 12.6. The Labute approximate surface area is 168 Å². The molecule has 4 rings (SSSR count). The third kappa shape index (κ3) is 3.97. The molecule has 2 N–H and O–H groups in total. The Hall–Kier alpha value is -3.26. The highest BCUT2D eigenvalue weighted by Crippen LogP contribution is 2.23. The molecule has 150 valence electrons. The normalized spacial score (nSPS) is 18.5. The molecule has 0 fully saturated rings. The van der Waals surface area contributed by atoms with Crippen LogP contribution in [0.2, 0.25) is 0 Å². The summed E-state index contributed by atoms with van der Waals surface area (Å²) >= 11 is 0. The number of fused-ring (bicyclic) bond motifs is 1. The molecule has 1 aromatic carbocycles. The first kappa shape index (κ1) is 19.1. The van der Waals surface area contributed by atoms with Crippen molar-refractivity contribution in [1.29, 1.82) is 0 Å². The van der Waals surface area contributed by atoms with Crippen LogP contribution in [0.5, 0.6) is 0 Å². The van der Waals surface area contributed by atoms with E-state index in [1.807, 2.05) is 43.3 Å². The number of anilines is 1. The van der Waals surface area contributed by atoms with Gasteiger partial charge in [0, 0.05) is 30.8 Å². The minimum atomic E-state index is -0.168. The van der Waals surface area contributed by atoms with E-state index in [1.54, 1.807) is 11.1 Å². The quantitative estimate of drug-likeness (QED) is 0.832. The first-order chi connectivity index (χ1) is 14.0. The number of amides is 3. The number of carbonyl (C=O) groups is 2. The SMILES string of the molecule is CC1CC(=O)N(CCO)N=C1c1ccc(NC(=O)N2Cc3cccnc3C2)cc1. The largest absolute Gasteiger partial charge is 0.394 e. The van der Waals surface area contributed by atoms with Crippen molar-refractivity contribution in [2.24, 2.45) is 11.0 Å². The maximum Gasteiger partial charge on any atom is 0.322 e. The first-order valence-corrected chi connectivity index (χ1v) is 9.64. The average Bonchev–Trinajstić information content (AvgIpc) is 3.15. The second-order valence-electron chi connectivity index (χ2n) is 7.30. The van der Waals surface area contributed by atoms with Gasteiger partial charge in [-0.05, 0) is 29.3 Å². The molecule has 1 atom stereocenters. The van der Waals surface area contributed by atoms with Crippen molar-refractivity contribution >= 4 is 23.3 Å². The molecule has 0 radical (unpaired) electrons. The lowest BCUT2D eigenvalue weighted by Gasteiger charge is -2.27. The lowest BCUT2D eigenvalue weighted by atomic mass is 9.93. The summed E-state index contributed by atoms with van der Waals surface area (Å²) in [6, 6.07) is 11.1. The van der Waals surface area contributed by atoms with Gasteiger partial charge in [0.25, 0.3) is 0 Å². The van der Waals surface area contributed by atoms with E-state index in [0.717, 1.165) is 22.5 Å². The van der Waals surface area contributed by atoms with Crippen LogP contribution in [-0.2, 0) is 17.9 Å². The fraction of sp³-hybridized carbons (Fsp3) is 0.333. The number of nitrogens with one attached hydrogen (secondary N) is 1. The van der Waals surface area contributed by atoms with Crippen molar-refractivity contribution in [2.45, 2.75) is 26.4 Å². The van der Waals surface area contributed by atoms with Crippen molar-refractivity contribution in [3.8, 4) is 0 Å². The third-order valence-corrected chi connectivity index (χ3v) is 5.18. The van der Waals surface area contributed by atoms with Crippen LogP contribution in [0.3, 0.4) is 0 Å². The minimum absolute atomic E-state index is 0.00603. The van der Waals surface area contributed by atoms with E-state index in [2.05, 4.69) is 15.4 Å². The van der Waals surface area contributed by atoms with Gasteiger partial charge in [-0.15, -0.1) is 0 Å². The van der Waals surface area contributed by atoms with Crippen LogP contribution < -0.4 is 5.32 Å². The Bertz CT molecular complexity index is 932. The molecule has 0 aliphatic carbocycles. The molecule has 0 spiro atoms. The summed E-state index contributed by atoms with van der Waals surface area (Å²) in [5.74, 6) is -0.0891.